The largest absolute Gasteiger partial charge is 0.350 e. The second-order valence-corrected chi connectivity index (χ2v) is 7.88. The molecule has 0 spiro atoms. The number of aryl methyl sites for hydroxylation is 3. The summed E-state index contributed by atoms with van der Waals surface area (Å²) in [5.74, 6) is -1.13. The molecule has 1 aliphatic heterocycles. The first-order valence-electron chi connectivity index (χ1n) is 10.1. The van der Waals surface area contributed by atoms with Crippen LogP contribution in [0.2, 0.25) is 0 Å². The molecule has 4 rings (SSSR count). The molecular weight excluding hydrogens is 391 g/mol. The van der Waals surface area contributed by atoms with E-state index < -0.39 is 5.91 Å². The topological polar surface area (TPSA) is 49.4 Å². The van der Waals surface area contributed by atoms with Gasteiger partial charge in [-0.1, -0.05) is 59.7 Å². The molecule has 0 fully saturated rings. The molecule has 0 aromatic heterocycles. The number of nitrogens with zero attached hydrogens (tertiary/aromatic N) is 1. The van der Waals surface area contributed by atoms with Crippen molar-refractivity contribution in [2.75, 3.05) is 5.32 Å². The number of halogens is 1. The third-order valence-corrected chi connectivity index (χ3v) is 5.40. The molecule has 1 aliphatic rings. The van der Waals surface area contributed by atoms with Crippen molar-refractivity contribution in [1.82, 2.24) is 4.90 Å². The summed E-state index contributed by atoms with van der Waals surface area (Å²) >= 11 is 0. The van der Waals surface area contributed by atoms with Crippen molar-refractivity contribution in [3.8, 4) is 0 Å². The normalized spacial score (nSPS) is 13.9. The van der Waals surface area contributed by atoms with Gasteiger partial charge >= 0.3 is 0 Å². The highest BCUT2D eigenvalue weighted by Crippen LogP contribution is 2.32. The van der Waals surface area contributed by atoms with E-state index >= 15 is 0 Å². The standard InChI is InChI=1S/C26H23FN2O2/c1-16-4-9-20(10-5-16)23-24(28-22-13-6-17(2)14-18(22)3)26(31)29(25(23)30)15-19-7-11-21(27)12-8-19/h4-14,28H,15H2,1-3H3. The fourth-order valence-corrected chi connectivity index (χ4v) is 3.68. The number of benzene rings is 3. The summed E-state index contributed by atoms with van der Waals surface area (Å²) in [4.78, 5) is 27.9. The van der Waals surface area contributed by atoms with Gasteiger partial charge in [0.15, 0.2) is 0 Å². The summed E-state index contributed by atoms with van der Waals surface area (Å²) in [6, 6.07) is 19.2. The number of rotatable bonds is 5. The number of carbonyl (C=O) groups excluding carboxylic acids is 2. The van der Waals surface area contributed by atoms with E-state index in [1.54, 1.807) is 12.1 Å². The number of amides is 2. The van der Waals surface area contributed by atoms with Crippen LogP contribution in [-0.4, -0.2) is 16.7 Å². The minimum atomic E-state index is -0.398. The van der Waals surface area contributed by atoms with E-state index in [0.717, 1.165) is 22.4 Å². The molecule has 156 valence electrons. The maximum Gasteiger partial charge on any atom is 0.278 e. The molecule has 1 heterocycles. The van der Waals surface area contributed by atoms with Gasteiger partial charge < -0.3 is 5.32 Å². The minimum Gasteiger partial charge on any atom is -0.350 e. The Labute approximate surface area is 181 Å². The lowest BCUT2D eigenvalue weighted by atomic mass is 10.0. The number of nitrogens with one attached hydrogen (secondary N) is 1. The molecule has 0 saturated heterocycles. The highest BCUT2D eigenvalue weighted by molar-refractivity contribution is 6.36. The summed E-state index contributed by atoms with van der Waals surface area (Å²) in [5, 5.41) is 3.21. The van der Waals surface area contributed by atoms with Gasteiger partial charge in [-0.25, -0.2) is 4.39 Å². The van der Waals surface area contributed by atoms with Gasteiger partial charge in [0.1, 0.15) is 11.5 Å². The maximum absolute atomic E-state index is 13.3. The van der Waals surface area contributed by atoms with Crippen LogP contribution in [0.5, 0.6) is 0 Å². The molecular formula is C26H23FN2O2. The molecule has 3 aromatic rings. The lowest BCUT2D eigenvalue weighted by Gasteiger charge is -2.16. The average molecular weight is 414 g/mol. The van der Waals surface area contributed by atoms with Crippen LogP contribution in [0.4, 0.5) is 10.1 Å². The van der Waals surface area contributed by atoms with Crippen LogP contribution < -0.4 is 5.32 Å². The molecule has 0 saturated carbocycles. The quantitative estimate of drug-likeness (QED) is 0.588. The molecule has 0 bridgehead atoms. The van der Waals surface area contributed by atoms with Crippen molar-refractivity contribution in [3.63, 3.8) is 0 Å². The molecule has 0 unspecified atom stereocenters. The van der Waals surface area contributed by atoms with E-state index in [-0.39, 0.29) is 24.0 Å². The third-order valence-electron chi connectivity index (χ3n) is 5.40. The van der Waals surface area contributed by atoms with Gasteiger partial charge in [-0.15, -0.1) is 0 Å². The van der Waals surface area contributed by atoms with E-state index in [1.165, 1.54) is 17.0 Å². The summed E-state index contributed by atoms with van der Waals surface area (Å²) in [5.41, 5.74) is 5.88. The van der Waals surface area contributed by atoms with Crippen molar-refractivity contribution in [3.05, 3.63) is 106 Å². The monoisotopic (exact) mass is 414 g/mol. The lowest BCUT2D eigenvalue weighted by molar-refractivity contribution is -0.137. The number of imide groups is 1. The Bertz CT molecular complexity index is 1200. The SMILES string of the molecule is Cc1ccc(C2=C(Nc3ccc(C)cc3C)C(=O)N(Cc3ccc(F)cc3)C2=O)cc1. The first-order chi connectivity index (χ1) is 14.8. The minimum absolute atomic E-state index is 0.0748. The van der Waals surface area contributed by atoms with Crippen molar-refractivity contribution in [1.29, 1.82) is 0 Å². The number of carbonyl (C=O) groups is 2. The van der Waals surface area contributed by atoms with Crippen LogP contribution in [-0.2, 0) is 16.1 Å². The van der Waals surface area contributed by atoms with E-state index in [1.807, 2.05) is 63.2 Å². The Morgan fingerprint density at radius 1 is 0.806 bits per heavy atom. The summed E-state index contributed by atoms with van der Waals surface area (Å²) in [6.07, 6.45) is 0. The van der Waals surface area contributed by atoms with Gasteiger partial charge in [-0.2, -0.15) is 0 Å². The lowest BCUT2D eigenvalue weighted by Crippen LogP contribution is -2.32. The zero-order valence-electron chi connectivity index (χ0n) is 17.7. The predicted octanol–water partition coefficient (Wildman–Crippen LogP) is 5.14. The van der Waals surface area contributed by atoms with Crippen molar-refractivity contribution in [2.45, 2.75) is 27.3 Å². The Balaban J connectivity index is 1.75. The molecule has 4 nitrogen and oxygen atoms in total. The Morgan fingerprint density at radius 3 is 2.10 bits per heavy atom. The predicted molar refractivity (Wildman–Crippen MR) is 120 cm³/mol. The second kappa shape index (κ2) is 8.19. The molecule has 0 radical (unpaired) electrons. The number of hydrogen-bond acceptors (Lipinski definition) is 3. The fourth-order valence-electron chi connectivity index (χ4n) is 3.68. The highest BCUT2D eigenvalue weighted by Gasteiger charge is 2.39. The first-order valence-corrected chi connectivity index (χ1v) is 10.1. The zero-order valence-corrected chi connectivity index (χ0v) is 17.7. The number of hydrogen-bond donors (Lipinski definition) is 1. The van der Waals surface area contributed by atoms with E-state index in [2.05, 4.69) is 5.32 Å². The van der Waals surface area contributed by atoms with E-state index in [9.17, 15) is 14.0 Å². The third kappa shape index (κ3) is 4.12. The van der Waals surface area contributed by atoms with Gasteiger partial charge in [-0.3, -0.25) is 14.5 Å². The first kappa shape index (κ1) is 20.5. The summed E-state index contributed by atoms with van der Waals surface area (Å²) < 4.78 is 13.3. The van der Waals surface area contributed by atoms with Crippen LogP contribution in [0, 0.1) is 26.6 Å². The highest BCUT2D eigenvalue weighted by atomic mass is 19.1. The van der Waals surface area contributed by atoms with Crippen molar-refractivity contribution >= 4 is 23.1 Å². The molecule has 5 heteroatoms. The molecule has 0 atom stereocenters. The zero-order chi connectivity index (χ0) is 22.1. The van der Waals surface area contributed by atoms with Gasteiger partial charge in [0.05, 0.1) is 12.1 Å². The fraction of sp³-hybridized carbons (Fsp3) is 0.154. The molecule has 0 aliphatic carbocycles. The van der Waals surface area contributed by atoms with Gasteiger partial charge in [0.25, 0.3) is 11.8 Å². The van der Waals surface area contributed by atoms with E-state index in [4.69, 9.17) is 0 Å². The smallest absolute Gasteiger partial charge is 0.278 e. The second-order valence-electron chi connectivity index (χ2n) is 7.88. The Hall–Kier alpha value is -3.73. The van der Waals surface area contributed by atoms with Crippen LogP contribution in [0.1, 0.15) is 27.8 Å². The van der Waals surface area contributed by atoms with Crippen LogP contribution in [0.25, 0.3) is 5.57 Å². The Kier molecular flexibility index (Phi) is 5.42. The van der Waals surface area contributed by atoms with Gasteiger partial charge in [-0.05, 0) is 55.7 Å². The molecule has 2 amide bonds. The molecule has 1 N–H and O–H groups in total. The van der Waals surface area contributed by atoms with Crippen molar-refractivity contribution < 1.29 is 14.0 Å². The molecule has 31 heavy (non-hydrogen) atoms. The Morgan fingerprint density at radius 2 is 1.45 bits per heavy atom. The maximum atomic E-state index is 13.3. The van der Waals surface area contributed by atoms with Crippen molar-refractivity contribution in [2.24, 2.45) is 0 Å². The van der Waals surface area contributed by atoms with Crippen LogP contribution in [0.15, 0.2) is 72.4 Å². The van der Waals surface area contributed by atoms with Crippen LogP contribution >= 0.6 is 0 Å². The number of anilines is 1. The van der Waals surface area contributed by atoms with Crippen LogP contribution in [0.3, 0.4) is 0 Å². The average Bonchev–Trinajstić information content (AvgIpc) is 2.96. The van der Waals surface area contributed by atoms with Gasteiger partial charge in [0, 0.05) is 5.69 Å². The summed E-state index contributed by atoms with van der Waals surface area (Å²) in [7, 11) is 0. The van der Waals surface area contributed by atoms with Gasteiger partial charge in [0.2, 0.25) is 0 Å². The summed E-state index contributed by atoms with van der Waals surface area (Å²) in [6.45, 7) is 6.00. The molecule has 3 aromatic carbocycles. The van der Waals surface area contributed by atoms with E-state index in [0.29, 0.717) is 16.7 Å².